The van der Waals surface area contributed by atoms with Crippen molar-refractivity contribution in [2.75, 3.05) is 40.8 Å². The first-order valence-electron chi connectivity index (χ1n) is 7.87. The second kappa shape index (κ2) is 8.79. The number of hydrogen-bond donors (Lipinski definition) is 1. The number of rotatable bonds is 6. The van der Waals surface area contributed by atoms with Crippen LogP contribution in [0, 0.1) is 5.92 Å². The van der Waals surface area contributed by atoms with Gasteiger partial charge in [0.05, 0.1) is 0 Å². The van der Waals surface area contributed by atoms with Crippen molar-refractivity contribution >= 4 is 32.5 Å². The second-order valence-corrected chi connectivity index (χ2v) is 10.2. The molecule has 0 aromatic heterocycles. The zero-order valence-corrected chi connectivity index (χ0v) is 17.1. The van der Waals surface area contributed by atoms with E-state index in [0.29, 0.717) is 13.1 Å². The molecule has 1 fully saturated rings. The highest BCUT2D eigenvalue weighted by Crippen LogP contribution is 2.28. The van der Waals surface area contributed by atoms with Crippen LogP contribution in [-0.2, 0) is 20.0 Å². The van der Waals surface area contributed by atoms with Crippen LogP contribution < -0.4 is 5.32 Å². The maximum absolute atomic E-state index is 13.0. The van der Waals surface area contributed by atoms with Gasteiger partial charge in [-0.05, 0) is 44.5 Å². The van der Waals surface area contributed by atoms with E-state index in [0.717, 1.165) is 23.7 Å². The fraction of sp³-hybridized carbons (Fsp3) is 0.600. The molecule has 0 bridgehead atoms. The third-order valence-corrected chi connectivity index (χ3v) is 8.13. The highest BCUT2D eigenvalue weighted by atomic mass is 35.5. The van der Waals surface area contributed by atoms with E-state index < -0.39 is 20.0 Å². The van der Waals surface area contributed by atoms with Gasteiger partial charge in [0, 0.05) is 27.2 Å². The van der Waals surface area contributed by atoms with Gasteiger partial charge in [0.25, 0.3) is 0 Å². The van der Waals surface area contributed by atoms with Crippen LogP contribution >= 0.6 is 12.4 Å². The minimum atomic E-state index is -3.86. The standard InChI is InChI=1S/C15H25N3O4S2.ClH/c1-16-11-13-7-6-10-18(12-13)24(21,22)15-9-5-4-8-14(15)23(19,20)17(2)3;/h4-5,8-9,13,16H,6-7,10-12H2,1-3H3;1H. The Kier molecular flexibility index (Phi) is 7.85. The Morgan fingerprint density at radius 2 is 1.76 bits per heavy atom. The van der Waals surface area contributed by atoms with E-state index in [1.165, 1.54) is 36.6 Å². The lowest BCUT2D eigenvalue weighted by Gasteiger charge is -2.32. The SMILES string of the molecule is CNCC1CCCN(S(=O)(=O)c2ccccc2S(=O)(=O)N(C)C)C1.Cl. The fourth-order valence-corrected chi connectivity index (χ4v) is 6.14. The van der Waals surface area contributed by atoms with Crippen molar-refractivity contribution in [3.8, 4) is 0 Å². The van der Waals surface area contributed by atoms with Crippen molar-refractivity contribution in [1.82, 2.24) is 13.9 Å². The average molecular weight is 412 g/mol. The van der Waals surface area contributed by atoms with Gasteiger partial charge in [0.15, 0.2) is 0 Å². The number of hydrogen-bond acceptors (Lipinski definition) is 5. The molecule has 0 aliphatic carbocycles. The summed E-state index contributed by atoms with van der Waals surface area (Å²) < 4.78 is 53.5. The largest absolute Gasteiger partial charge is 0.319 e. The van der Waals surface area contributed by atoms with Gasteiger partial charge >= 0.3 is 0 Å². The van der Waals surface area contributed by atoms with Crippen LogP contribution in [0.3, 0.4) is 0 Å². The van der Waals surface area contributed by atoms with Gasteiger partial charge in [-0.15, -0.1) is 12.4 Å². The summed E-state index contributed by atoms with van der Waals surface area (Å²) in [5, 5.41) is 3.08. The number of nitrogens with one attached hydrogen (secondary N) is 1. The summed E-state index contributed by atoms with van der Waals surface area (Å²) in [6, 6.07) is 5.80. The Balaban J connectivity index is 0.00000312. The molecule has 1 aliphatic heterocycles. The van der Waals surface area contributed by atoms with E-state index in [4.69, 9.17) is 0 Å². The minimum Gasteiger partial charge on any atom is -0.319 e. The Morgan fingerprint density at radius 3 is 2.32 bits per heavy atom. The summed E-state index contributed by atoms with van der Waals surface area (Å²) in [6.45, 7) is 1.56. The van der Waals surface area contributed by atoms with Gasteiger partial charge in [-0.3, -0.25) is 0 Å². The predicted octanol–water partition coefficient (Wildman–Crippen LogP) is 0.979. The zero-order chi connectivity index (χ0) is 18.0. The molecule has 0 radical (unpaired) electrons. The summed E-state index contributed by atoms with van der Waals surface area (Å²) in [5.41, 5.74) is 0. The maximum atomic E-state index is 13.0. The molecular formula is C15H26ClN3O4S2. The van der Waals surface area contributed by atoms with E-state index >= 15 is 0 Å². The molecule has 1 unspecified atom stereocenters. The molecule has 1 aliphatic rings. The quantitative estimate of drug-likeness (QED) is 0.753. The molecule has 0 amide bonds. The number of nitrogens with zero attached hydrogens (tertiary/aromatic N) is 2. The van der Waals surface area contributed by atoms with Crippen molar-refractivity contribution in [3.05, 3.63) is 24.3 Å². The topological polar surface area (TPSA) is 86.8 Å². The first kappa shape index (κ1) is 22.3. The van der Waals surface area contributed by atoms with Gasteiger partial charge in [-0.2, -0.15) is 4.31 Å². The predicted molar refractivity (Wildman–Crippen MR) is 100.0 cm³/mol. The molecule has 1 heterocycles. The Bertz CT molecular complexity index is 780. The minimum absolute atomic E-state index is 0. The van der Waals surface area contributed by atoms with Crippen LogP contribution in [0.4, 0.5) is 0 Å². The number of sulfonamides is 2. The summed E-state index contributed by atoms with van der Waals surface area (Å²) in [7, 11) is -3.08. The molecule has 0 spiro atoms. The molecule has 1 aromatic rings. The molecular weight excluding hydrogens is 386 g/mol. The number of benzene rings is 1. The van der Waals surface area contributed by atoms with Crippen LogP contribution in [0.1, 0.15) is 12.8 Å². The number of halogens is 1. The van der Waals surface area contributed by atoms with Gasteiger partial charge < -0.3 is 5.32 Å². The Labute approximate surface area is 156 Å². The molecule has 1 atom stereocenters. The molecule has 0 saturated carbocycles. The number of piperidine rings is 1. The first-order chi connectivity index (χ1) is 11.2. The highest BCUT2D eigenvalue weighted by Gasteiger charge is 2.34. The molecule has 1 saturated heterocycles. The monoisotopic (exact) mass is 411 g/mol. The van der Waals surface area contributed by atoms with Crippen LogP contribution in [0.25, 0.3) is 0 Å². The van der Waals surface area contributed by atoms with E-state index in [1.54, 1.807) is 6.07 Å². The van der Waals surface area contributed by atoms with E-state index in [9.17, 15) is 16.8 Å². The second-order valence-electron chi connectivity index (χ2n) is 6.16. The third-order valence-electron chi connectivity index (χ3n) is 4.20. The van der Waals surface area contributed by atoms with Gasteiger partial charge in [-0.1, -0.05) is 12.1 Å². The van der Waals surface area contributed by atoms with Crippen LogP contribution in [0.5, 0.6) is 0 Å². The lowest BCUT2D eigenvalue weighted by molar-refractivity contribution is 0.263. The van der Waals surface area contributed by atoms with E-state index in [2.05, 4.69) is 5.32 Å². The lowest BCUT2D eigenvalue weighted by Crippen LogP contribution is -2.42. The fourth-order valence-electron chi connectivity index (χ4n) is 2.91. The van der Waals surface area contributed by atoms with Gasteiger partial charge in [0.2, 0.25) is 20.0 Å². The average Bonchev–Trinajstić information content (AvgIpc) is 2.55. The zero-order valence-electron chi connectivity index (χ0n) is 14.7. The smallest absolute Gasteiger partial charge is 0.244 e. The Hall–Kier alpha value is -0.710. The van der Waals surface area contributed by atoms with Crippen molar-refractivity contribution in [1.29, 1.82) is 0 Å². The summed E-state index contributed by atoms with van der Waals surface area (Å²) >= 11 is 0. The lowest BCUT2D eigenvalue weighted by atomic mass is 10.00. The molecule has 2 rings (SSSR count). The molecule has 7 nitrogen and oxygen atoms in total. The first-order valence-corrected chi connectivity index (χ1v) is 10.8. The highest BCUT2D eigenvalue weighted by molar-refractivity contribution is 7.92. The molecule has 144 valence electrons. The molecule has 1 aromatic carbocycles. The van der Waals surface area contributed by atoms with Crippen LogP contribution in [0.2, 0.25) is 0 Å². The van der Waals surface area contributed by atoms with Crippen molar-refractivity contribution in [3.63, 3.8) is 0 Å². The van der Waals surface area contributed by atoms with Crippen molar-refractivity contribution in [2.45, 2.75) is 22.6 Å². The van der Waals surface area contributed by atoms with Gasteiger partial charge in [0.1, 0.15) is 9.79 Å². The van der Waals surface area contributed by atoms with Crippen molar-refractivity contribution < 1.29 is 16.8 Å². The third kappa shape index (κ3) is 4.72. The van der Waals surface area contributed by atoms with Crippen molar-refractivity contribution in [2.24, 2.45) is 5.92 Å². The van der Waals surface area contributed by atoms with Crippen LogP contribution in [0.15, 0.2) is 34.1 Å². The van der Waals surface area contributed by atoms with E-state index in [1.807, 2.05) is 7.05 Å². The molecule has 1 N–H and O–H groups in total. The summed E-state index contributed by atoms with van der Waals surface area (Å²) in [4.78, 5) is -0.324. The van der Waals surface area contributed by atoms with Gasteiger partial charge in [-0.25, -0.2) is 21.1 Å². The maximum Gasteiger partial charge on any atom is 0.244 e. The molecule has 10 heteroatoms. The molecule has 25 heavy (non-hydrogen) atoms. The summed E-state index contributed by atoms with van der Waals surface area (Å²) in [5.74, 6) is 0.233. The normalized spacial score (nSPS) is 19.6. The van der Waals surface area contributed by atoms with Crippen LogP contribution in [-0.4, -0.2) is 66.2 Å². The Morgan fingerprint density at radius 1 is 1.16 bits per heavy atom. The van der Waals surface area contributed by atoms with E-state index in [-0.39, 0.29) is 28.1 Å². The summed E-state index contributed by atoms with van der Waals surface area (Å²) in [6.07, 6.45) is 1.73.